The van der Waals surface area contributed by atoms with Crippen LogP contribution in [0, 0.1) is 5.92 Å². The Morgan fingerprint density at radius 2 is 1.75 bits per heavy atom. The molecule has 112 valence electrons. The molecule has 1 fully saturated rings. The normalized spacial score (nSPS) is 23.4. The summed E-state index contributed by atoms with van der Waals surface area (Å²) in [6, 6.07) is 9.05. The van der Waals surface area contributed by atoms with Crippen LogP contribution in [-0.2, 0) is 0 Å². The lowest BCUT2D eigenvalue weighted by atomic mass is 9.82. The zero-order valence-corrected chi connectivity index (χ0v) is 13.6. The van der Waals surface area contributed by atoms with Crippen molar-refractivity contribution in [2.75, 3.05) is 12.0 Å². The summed E-state index contributed by atoms with van der Waals surface area (Å²) in [4.78, 5) is 2.59. The van der Waals surface area contributed by atoms with Gasteiger partial charge in [0.1, 0.15) is 5.75 Å². The van der Waals surface area contributed by atoms with Crippen LogP contribution in [0.25, 0.3) is 0 Å². The molecule has 0 radical (unpaired) electrons. The van der Waals surface area contributed by atoms with Crippen LogP contribution in [0.2, 0.25) is 0 Å². The maximum Gasteiger partial charge on any atom is 0.142 e. The lowest BCUT2D eigenvalue weighted by Crippen LogP contribution is -2.52. The molecule has 2 unspecified atom stereocenters. The minimum absolute atomic E-state index is 0.102. The van der Waals surface area contributed by atoms with Crippen molar-refractivity contribution in [3.8, 4) is 5.75 Å². The van der Waals surface area contributed by atoms with Gasteiger partial charge in [-0.25, -0.2) is 0 Å². The fourth-order valence-corrected chi connectivity index (χ4v) is 3.55. The second kappa shape index (κ2) is 6.07. The molecule has 1 aliphatic carbocycles. The second-order valence-electron chi connectivity index (χ2n) is 7.04. The molecule has 2 atom stereocenters. The smallest absolute Gasteiger partial charge is 0.142 e. The van der Waals surface area contributed by atoms with Crippen molar-refractivity contribution in [2.45, 2.75) is 65.0 Å². The first-order valence-electron chi connectivity index (χ1n) is 7.87. The number of benzene rings is 1. The third kappa shape index (κ3) is 3.11. The highest BCUT2D eigenvalue weighted by Crippen LogP contribution is 2.40. The molecular weight excluding hydrogens is 246 g/mol. The summed E-state index contributed by atoms with van der Waals surface area (Å²) >= 11 is 0. The fourth-order valence-electron chi connectivity index (χ4n) is 3.55. The number of anilines is 1. The van der Waals surface area contributed by atoms with Gasteiger partial charge in [-0.05, 0) is 51.7 Å². The topological polar surface area (TPSA) is 12.5 Å². The van der Waals surface area contributed by atoms with E-state index in [0.717, 1.165) is 11.7 Å². The zero-order valence-electron chi connectivity index (χ0n) is 13.6. The molecule has 20 heavy (non-hydrogen) atoms. The van der Waals surface area contributed by atoms with Gasteiger partial charge in [0.05, 0.1) is 12.8 Å². The molecule has 0 bridgehead atoms. The van der Waals surface area contributed by atoms with E-state index < -0.39 is 0 Å². The molecule has 0 aromatic heterocycles. The van der Waals surface area contributed by atoms with Gasteiger partial charge in [-0.1, -0.05) is 31.9 Å². The summed E-state index contributed by atoms with van der Waals surface area (Å²) in [5.41, 5.74) is 1.34. The van der Waals surface area contributed by atoms with Crippen LogP contribution in [0.1, 0.15) is 53.4 Å². The van der Waals surface area contributed by atoms with E-state index >= 15 is 0 Å². The zero-order chi connectivity index (χ0) is 14.8. The van der Waals surface area contributed by atoms with Crippen LogP contribution < -0.4 is 9.64 Å². The number of nitrogens with zero attached hydrogens (tertiary/aromatic N) is 1. The molecule has 1 aliphatic rings. The van der Waals surface area contributed by atoms with E-state index in [0.29, 0.717) is 6.04 Å². The summed E-state index contributed by atoms with van der Waals surface area (Å²) < 4.78 is 5.61. The van der Waals surface area contributed by atoms with Gasteiger partial charge in [0.15, 0.2) is 0 Å². The molecule has 0 amide bonds. The molecular formula is C18H29NO. The van der Waals surface area contributed by atoms with Crippen molar-refractivity contribution in [1.82, 2.24) is 0 Å². The molecule has 0 heterocycles. The predicted molar refractivity (Wildman–Crippen MR) is 86.6 cm³/mol. The first-order chi connectivity index (χ1) is 9.45. The van der Waals surface area contributed by atoms with E-state index in [4.69, 9.17) is 4.74 Å². The van der Waals surface area contributed by atoms with Crippen molar-refractivity contribution in [3.05, 3.63) is 24.3 Å². The average Bonchev–Trinajstić information content (AvgIpc) is 2.40. The lowest BCUT2D eigenvalue weighted by molar-refractivity contribution is 0.275. The Kier molecular flexibility index (Phi) is 4.62. The van der Waals surface area contributed by atoms with Crippen molar-refractivity contribution < 1.29 is 4.74 Å². The molecule has 1 aromatic rings. The Labute approximate surface area is 124 Å². The maximum atomic E-state index is 5.61. The Morgan fingerprint density at radius 3 is 2.35 bits per heavy atom. The minimum atomic E-state index is 0.102. The fraction of sp³-hybridized carbons (Fsp3) is 0.667. The van der Waals surface area contributed by atoms with Crippen LogP contribution in [0.3, 0.4) is 0 Å². The number of rotatable bonds is 3. The summed E-state index contributed by atoms with van der Waals surface area (Å²) in [5, 5.41) is 0. The number of ether oxygens (including phenoxy) is 1. The monoisotopic (exact) mass is 275 g/mol. The maximum absolute atomic E-state index is 5.61. The largest absolute Gasteiger partial charge is 0.495 e. The molecule has 2 nitrogen and oxygen atoms in total. The summed E-state index contributed by atoms with van der Waals surface area (Å²) in [6.45, 7) is 9.32. The van der Waals surface area contributed by atoms with Crippen molar-refractivity contribution in [1.29, 1.82) is 0 Å². The Morgan fingerprint density at radius 1 is 1.10 bits per heavy atom. The lowest BCUT2D eigenvalue weighted by Gasteiger charge is -2.48. The van der Waals surface area contributed by atoms with Gasteiger partial charge in [-0.3, -0.25) is 0 Å². The van der Waals surface area contributed by atoms with Crippen LogP contribution >= 0.6 is 0 Å². The third-order valence-electron chi connectivity index (χ3n) is 4.47. The van der Waals surface area contributed by atoms with Crippen LogP contribution in [0.4, 0.5) is 5.69 Å². The Hall–Kier alpha value is -1.18. The number of hydrogen-bond acceptors (Lipinski definition) is 2. The number of para-hydroxylation sites is 2. The van der Waals surface area contributed by atoms with Gasteiger partial charge in [-0.15, -0.1) is 0 Å². The highest BCUT2D eigenvalue weighted by atomic mass is 16.5. The number of hydrogen-bond donors (Lipinski definition) is 0. The van der Waals surface area contributed by atoms with Crippen molar-refractivity contribution in [2.24, 2.45) is 5.92 Å². The van der Waals surface area contributed by atoms with Crippen LogP contribution in [-0.4, -0.2) is 18.7 Å². The van der Waals surface area contributed by atoms with E-state index in [1.165, 1.54) is 31.4 Å². The van der Waals surface area contributed by atoms with Gasteiger partial charge >= 0.3 is 0 Å². The molecule has 2 heteroatoms. The Balaban J connectivity index is 2.42. The molecule has 1 saturated carbocycles. The highest BCUT2D eigenvalue weighted by Gasteiger charge is 2.35. The highest BCUT2D eigenvalue weighted by molar-refractivity contribution is 5.60. The molecule has 0 aliphatic heterocycles. The van der Waals surface area contributed by atoms with Crippen LogP contribution in [0.15, 0.2) is 24.3 Å². The van der Waals surface area contributed by atoms with Gasteiger partial charge in [0, 0.05) is 11.6 Å². The molecule has 1 aromatic carbocycles. The van der Waals surface area contributed by atoms with E-state index in [2.05, 4.69) is 50.8 Å². The molecule has 0 saturated heterocycles. The van der Waals surface area contributed by atoms with Crippen molar-refractivity contribution in [3.63, 3.8) is 0 Å². The first kappa shape index (κ1) is 15.2. The second-order valence-corrected chi connectivity index (χ2v) is 7.04. The molecule has 0 N–H and O–H groups in total. The van der Waals surface area contributed by atoms with E-state index in [1.807, 2.05) is 6.07 Å². The van der Waals surface area contributed by atoms with E-state index in [9.17, 15) is 0 Å². The summed E-state index contributed by atoms with van der Waals surface area (Å²) in [5.74, 6) is 1.73. The Bertz CT molecular complexity index is 435. The SMILES string of the molecule is COc1ccccc1N(C1CCCCC1C)C(C)(C)C. The average molecular weight is 275 g/mol. The quantitative estimate of drug-likeness (QED) is 0.779. The van der Waals surface area contributed by atoms with Gasteiger partial charge in [-0.2, -0.15) is 0 Å². The van der Waals surface area contributed by atoms with Crippen LogP contribution in [0.5, 0.6) is 5.75 Å². The predicted octanol–water partition coefficient (Wildman–Crippen LogP) is 4.88. The van der Waals surface area contributed by atoms with Crippen molar-refractivity contribution >= 4 is 5.69 Å². The minimum Gasteiger partial charge on any atom is -0.495 e. The van der Waals surface area contributed by atoms with E-state index in [-0.39, 0.29) is 5.54 Å². The summed E-state index contributed by atoms with van der Waals surface area (Å²) in [7, 11) is 1.77. The molecule has 2 rings (SSSR count). The van der Waals surface area contributed by atoms with Gasteiger partial charge in [0.2, 0.25) is 0 Å². The van der Waals surface area contributed by atoms with Gasteiger partial charge < -0.3 is 9.64 Å². The molecule has 0 spiro atoms. The van der Waals surface area contributed by atoms with Gasteiger partial charge in [0.25, 0.3) is 0 Å². The van der Waals surface area contributed by atoms with E-state index in [1.54, 1.807) is 7.11 Å². The number of methoxy groups -OCH3 is 1. The standard InChI is InChI=1S/C18H29NO/c1-14-10-6-7-11-15(14)19(18(2,3)4)16-12-8-9-13-17(16)20-5/h8-9,12-15H,6-7,10-11H2,1-5H3. The third-order valence-corrected chi connectivity index (χ3v) is 4.47. The first-order valence-corrected chi connectivity index (χ1v) is 7.87. The summed E-state index contributed by atoms with van der Waals surface area (Å²) in [6.07, 6.45) is 5.35.